The number of carbonyl (C=O) groups excluding carboxylic acids is 1. The molecule has 0 bridgehead atoms. The summed E-state index contributed by atoms with van der Waals surface area (Å²) in [6, 6.07) is 4.20. The first-order chi connectivity index (χ1) is 8.24. The van der Waals surface area contributed by atoms with Crippen LogP contribution in [-0.4, -0.2) is 35.0 Å². The molecule has 1 atom stereocenters. The summed E-state index contributed by atoms with van der Waals surface area (Å²) in [7, 11) is 0. The van der Waals surface area contributed by atoms with Gasteiger partial charge in [0.05, 0.1) is 5.69 Å². The Labute approximate surface area is 105 Å². The van der Waals surface area contributed by atoms with Gasteiger partial charge in [-0.15, -0.1) is 0 Å². The smallest absolute Gasteiger partial charge is 0.226 e. The lowest BCUT2D eigenvalue weighted by atomic mass is 10.2. The second-order valence-electron chi connectivity index (χ2n) is 4.50. The van der Waals surface area contributed by atoms with E-state index in [9.17, 15) is 4.79 Å². The molecule has 1 unspecified atom stereocenters. The lowest BCUT2D eigenvalue weighted by molar-refractivity contribution is -0.116. The van der Waals surface area contributed by atoms with Gasteiger partial charge in [0, 0.05) is 36.2 Å². The van der Waals surface area contributed by atoms with Gasteiger partial charge in [-0.3, -0.25) is 4.79 Å². The molecular weight excluding hydrogens is 234 g/mol. The van der Waals surface area contributed by atoms with E-state index in [1.54, 1.807) is 0 Å². The van der Waals surface area contributed by atoms with Crippen LogP contribution in [0.2, 0.25) is 0 Å². The third kappa shape index (κ3) is 1.99. The second-order valence-corrected chi connectivity index (χ2v) is 5.65. The van der Waals surface area contributed by atoms with Gasteiger partial charge >= 0.3 is 0 Å². The molecular formula is C12H15N3OS. The van der Waals surface area contributed by atoms with Crippen molar-refractivity contribution in [3.8, 4) is 0 Å². The van der Waals surface area contributed by atoms with E-state index in [0.29, 0.717) is 12.5 Å². The normalized spacial score (nSPS) is 23.5. The van der Waals surface area contributed by atoms with Gasteiger partial charge in [-0.25, -0.2) is 4.98 Å². The third-order valence-corrected chi connectivity index (χ3v) is 4.30. The summed E-state index contributed by atoms with van der Waals surface area (Å²) in [5.74, 6) is 3.18. The predicted molar refractivity (Wildman–Crippen MR) is 70.7 cm³/mol. The van der Waals surface area contributed by atoms with E-state index >= 15 is 0 Å². The van der Waals surface area contributed by atoms with Crippen LogP contribution in [0.1, 0.15) is 12.1 Å². The molecule has 0 aromatic carbocycles. The molecule has 3 heterocycles. The number of amides is 1. The average Bonchev–Trinajstić information content (AvgIpc) is 2.45. The van der Waals surface area contributed by atoms with Crippen LogP contribution in [0, 0.1) is 6.92 Å². The molecule has 5 heteroatoms. The number of rotatable bonds is 0. The summed E-state index contributed by atoms with van der Waals surface area (Å²) in [6.45, 7) is 2.97. The van der Waals surface area contributed by atoms with E-state index in [2.05, 4.69) is 15.2 Å². The van der Waals surface area contributed by atoms with Gasteiger partial charge < -0.3 is 10.2 Å². The van der Waals surface area contributed by atoms with Gasteiger partial charge in [0.25, 0.3) is 0 Å². The fourth-order valence-electron chi connectivity index (χ4n) is 2.38. The monoisotopic (exact) mass is 249 g/mol. The van der Waals surface area contributed by atoms with Gasteiger partial charge in [-0.2, -0.15) is 11.8 Å². The highest BCUT2D eigenvalue weighted by Crippen LogP contribution is 2.33. The van der Waals surface area contributed by atoms with Crippen molar-refractivity contribution >= 4 is 29.2 Å². The number of carbonyl (C=O) groups is 1. The Bertz CT molecular complexity index is 463. The molecule has 1 aromatic heterocycles. The first-order valence-electron chi connectivity index (χ1n) is 5.86. The SMILES string of the molecule is Cc1ccc2c(n1)N1CCSCC1CC(=O)N2. The largest absolute Gasteiger partial charge is 0.350 e. The zero-order valence-electron chi connectivity index (χ0n) is 9.77. The van der Waals surface area contributed by atoms with Gasteiger partial charge in [-0.05, 0) is 19.1 Å². The molecule has 1 aromatic rings. The number of nitrogens with one attached hydrogen (secondary N) is 1. The maximum absolute atomic E-state index is 11.8. The van der Waals surface area contributed by atoms with Crippen LogP contribution in [0.15, 0.2) is 12.1 Å². The van der Waals surface area contributed by atoms with E-state index in [0.717, 1.165) is 35.2 Å². The van der Waals surface area contributed by atoms with Crippen molar-refractivity contribution in [1.82, 2.24) is 4.98 Å². The number of nitrogens with zero attached hydrogens (tertiary/aromatic N) is 2. The van der Waals surface area contributed by atoms with Crippen molar-refractivity contribution in [1.29, 1.82) is 0 Å². The summed E-state index contributed by atoms with van der Waals surface area (Å²) >= 11 is 1.92. The highest BCUT2D eigenvalue weighted by molar-refractivity contribution is 7.99. The molecule has 17 heavy (non-hydrogen) atoms. The minimum atomic E-state index is 0.104. The van der Waals surface area contributed by atoms with Crippen LogP contribution in [-0.2, 0) is 4.79 Å². The Balaban J connectivity index is 2.07. The highest BCUT2D eigenvalue weighted by Gasteiger charge is 2.31. The van der Waals surface area contributed by atoms with Crippen LogP contribution in [0.4, 0.5) is 11.5 Å². The standard InChI is InChI=1S/C12H15N3OS/c1-8-2-3-10-12(13-8)15-4-5-17-7-9(15)6-11(16)14-10/h2-3,9H,4-7H2,1H3,(H,14,16). The maximum atomic E-state index is 11.8. The number of hydrogen-bond acceptors (Lipinski definition) is 4. The number of aryl methyl sites for hydroxylation is 1. The molecule has 0 radical (unpaired) electrons. The van der Waals surface area contributed by atoms with Crippen molar-refractivity contribution < 1.29 is 4.79 Å². The lowest BCUT2D eigenvalue weighted by Crippen LogP contribution is -2.43. The second kappa shape index (κ2) is 4.22. The molecule has 3 rings (SSSR count). The summed E-state index contributed by atoms with van der Waals surface area (Å²) in [6.07, 6.45) is 0.572. The Kier molecular flexibility index (Phi) is 2.70. The zero-order valence-corrected chi connectivity index (χ0v) is 10.6. The van der Waals surface area contributed by atoms with Crippen molar-refractivity contribution in [2.45, 2.75) is 19.4 Å². The van der Waals surface area contributed by atoms with E-state index in [-0.39, 0.29) is 5.91 Å². The van der Waals surface area contributed by atoms with Crippen LogP contribution < -0.4 is 10.2 Å². The van der Waals surface area contributed by atoms with E-state index in [4.69, 9.17) is 0 Å². The average molecular weight is 249 g/mol. The molecule has 0 saturated carbocycles. The maximum Gasteiger partial charge on any atom is 0.226 e. The van der Waals surface area contributed by atoms with Crippen molar-refractivity contribution in [2.24, 2.45) is 0 Å². The highest BCUT2D eigenvalue weighted by atomic mass is 32.2. The first kappa shape index (κ1) is 10.9. The Morgan fingerprint density at radius 1 is 1.53 bits per heavy atom. The van der Waals surface area contributed by atoms with Crippen molar-refractivity contribution in [3.63, 3.8) is 0 Å². The number of anilines is 2. The summed E-state index contributed by atoms with van der Waals surface area (Å²) in [5, 5.41) is 2.95. The molecule has 1 saturated heterocycles. The van der Waals surface area contributed by atoms with E-state index < -0.39 is 0 Å². The van der Waals surface area contributed by atoms with Gasteiger partial charge in [0.15, 0.2) is 5.82 Å². The predicted octanol–water partition coefficient (Wildman–Crippen LogP) is 1.65. The molecule has 1 amide bonds. The van der Waals surface area contributed by atoms with Crippen LogP contribution >= 0.6 is 11.8 Å². The Morgan fingerprint density at radius 2 is 2.41 bits per heavy atom. The van der Waals surface area contributed by atoms with Crippen LogP contribution in [0.3, 0.4) is 0 Å². The fourth-order valence-corrected chi connectivity index (χ4v) is 3.44. The van der Waals surface area contributed by atoms with Crippen molar-refractivity contribution in [3.05, 3.63) is 17.8 Å². The number of fused-ring (bicyclic) bond motifs is 3. The van der Waals surface area contributed by atoms with Crippen LogP contribution in [0.5, 0.6) is 0 Å². The summed E-state index contributed by atoms with van der Waals surface area (Å²) in [4.78, 5) is 18.7. The summed E-state index contributed by atoms with van der Waals surface area (Å²) < 4.78 is 0. The molecule has 4 nitrogen and oxygen atoms in total. The fraction of sp³-hybridized carbons (Fsp3) is 0.500. The number of aromatic nitrogens is 1. The van der Waals surface area contributed by atoms with Gasteiger partial charge in [0.2, 0.25) is 5.91 Å². The first-order valence-corrected chi connectivity index (χ1v) is 7.01. The van der Waals surface area contributed by atoms with Crippen molar-refractivity contribution in [2.75, 3.05) is 28.3 Å². The summed E-state index contributed by atoms with van der Waals surface area (Å²) in [5.41, 5.74) is 1.85. The molecule has 0 aliphatic carbocycles. The molecule has 0 spiro atoms. The third-order valence-electron chi connectivity index (χ3n) is 3.21. The van der Waals surface area contributed by atoms with Gasteiger partial charge in [0.1, 0.15) is 0 Å². The van der Waals surface area contributed by atoms with E-state index in [1.807, 2.05) is 30.8 Å². The Morgan fingerprint density at radius 3 is 3.29 bits per heavy atom. The zero-order chi connectivity index (χ0) is 11.8. The number of pyridine rings is 1. The minimum Gasteiger partial charge on any atom is -0.350 e. The van der Waals surface area contributed by atoms with E-state index in [1.165, 1.54) is 0 Å². The Hall–Kier alpha value is -1.23. The lowest BCUT2D eigenvalue weighted by Gasteiger charge is -2.34. The molecule has 1 N–H and O–H groups in total. The number of hydrogen-bond donors (Lipinski definition) is 1. The molecule has 90 valence electrons. The van der Waals surface area contributed by atoms with Crippen LogP contribution in [0.25, 0.3) is 0 Å². The topological polar surface area (TPSA) is 45.2 Å². The molecule has 2 aliphatic rings. The minimum absolute atomic E-state index is 0.104. The quantitative estimate of drug-likeness (QED) is 0.759. The molecule has 1 fully saturated rings. The van der Waals surface area contributed by atoms with Gasteiger partial charge in [-0.1, -0.05) is 0 Å². The molecule has 2 aliphatic heterocycles. The number of thioether (sulfide) groups is 1.